The fourth-order valence-electron chi connectivity index (χ4n) is 2.30. The van der Waals surface area contributed by atoms with E-state index < -0.39 is 0 Å². The number of ether oxygens (including phenoxy) is 1. The minimum absolute atomic E-state index is 0.255. The average molecular weight is 327 g/mol. The van der Waals surface area contributed by atoms with E-state index in [9.17, 15) is 0 Å². The summed E-state index contributed by atoms with van der Waals surface area (Å²) in [5.74, 6) is 1.57. The molecule has 0 aliphatic carbocycles. The maximum atomic E-state index is 6.03. The van der Waals surface area contributed by atoms with E-state index in [0.29, 0.717) is 5.92 Å². The van der Waals surface area contributed by atoms with Gasteiger partial charge in [-0.25, -0.2) is 0 Å². The van der Waals surface area contributed by atoms with Crippen LogP contribution in [0.4, 0.5) is 0 Å². The average Bonchev–Trinajstić information content (AvgIpc) is 2.40. The van der Waals surface area contributed by atoms with Crippen LogP contribution in [0.5, 0.6) is 5.75 Å². The first kappa shape index (κ1) is 16.6. The van der Waals surface area contributed by atoms with E-state index in [4.69, 9.17) is 4.74 Å². The van der Waals surface area contributed by atoms with Gasteiger partial charge in [0, 0.05) is 10.7 Å². The highest BCUT2D eigenvalue weighted by Crippen LogP contribution is 2.30. The highest BCUT2D eigenvalue weighted by molar-refractivity contribution is 9.09. The number of halogens is 1. The fraction of sp³-hybridized carbons (Fsp3) is 0.647. The molecule has 2 heteroatoms. The molecular formula is C17H27BrO. The summed E-state index contributed by atoms with van der Waals surface area (Å²) in [6.07, 6.45) is 2.27. The van der Waals surface area contributed by atoms with Crippen molar-refractivity contribution in [1.82, 2.24) is 0 Å². The van der Waals surface area contributed by atoms with Gasteiger partial charge in [0.1, 0.15) is 5.75 Å². The summed E-state index contributed by atoms with van der Waals surface area (Å²) in [5.41, 5.74) is 2.99. The lowest BCUT2D eigenvalue weighted by molar-refractivity contribution is 0.158. The number of benzene rings is 1. The van der Waals surface area contributed by atoms with E-state index in [1.165, 1.54) is 11.1 Å². The Labute approximate surface area is 126 Å². The molecule has 0 heterocycles. The molecule has 0 unspecified atom stereocenters. The monoisotopic (exact) mass is 326 g/mol. The fourth-order valence-corrected chi connectivity index (χ4v) is 3.26. The van der Waals surface area contributed by atoms with Crippen LogP contribution in [0.25, 0.3) is 0 Å². The van der Waals surface area contributed by atoms with Crippen LogP contribution < -0.4 is 4.74 Å². The van der Waals surface area contributed by atoms with Crippen LogP contribution in [0, 0.1) is 12.3 Å². The normalized spacial score (nSPS) is 11.9. The van der Waals surface area contributed by atoms with Crippen molar-refractivity contribution in [1.29, 1.82) is 0 Å². The first-order valence-electron chi connectivity index (χ1n) is 7.27. The predicted molar refractivity (Wildman–Crippen MR) is 87.6 cm³/mol. The Balaban J connectivity index is 2.76. The molecule has 0 N–H and O–H groups in total. The van der Waals surface area contributed by atoms with Gasteiger partial charge in [-0.2, -0.15) is 0 Å². The molecule has 0 aromatic heterocycles. The van der Waals surface area contributed by atoms with E-state index in [-0.39, 0.29) is 5.41 Å². The van der Waals surface area contributed by atoms with Crippen molar-refractivity contribution in [3.05, 3.63) is 29.3 Å². The third kappa shape index (κ3) is 4.24. The number of alkyl halides is 1. The van der Waals surface area contributed by atoms with E-state index in [1.54, 1.807) is 0 Å². The van der Waals surface area contributed by atoms with Crippen molar-refractivity contribution in [3.8, 4) is 5.75 Å². The highest BCUT2D eigenvalue weighted by atomic mass is 79.9. The van der Waals surface area contributed by atoms with Crippen LogP contribution >= 0.6 is 15.9 Å². The van der Waals surface area contributed by atoms with Crippen LogP contribution in [-0.4, -0.2) is 11.9 Å². The first-order valence-corrected chi connectivity index (χ1v) is 8.39. The van der Waals surface area contributed by atoms with Gasteiger partial charge in [0.2, 0.25) is 0 Å². The summed E-state index contributed by atoms with van der Waals surface area (Å²) < 4.78 is 6.03. The Hall–Kier alpha value is -0.500. The van der Waals surface area contributed by atoms with Gasteiger partial charge in [0.05, 0.1) is 6.61 Å². The molecular weight excluding hydrogens is 300 g/mol. The SMILES string of the molecule is CCC(CC)(CBr)COc1ccc(C(C)C)c(C)c1. The zero-order valence-corrected chi connectivity index (χ0v) is 14.5. The van der Waals surface area contributed by atoms with Crippen molar-refractivity contribution >= 4 is 15.9 Å². The minimum Gasteiger partial charge on any atom is -0.493 e. The maximum Gasteiger partial charge on any atom is 0.119 e. The summed E-state index contributed by atoms with van der Waals surface area (Å²) >= 11 is 3.63. The van der Waals surface area contributed by atoms with E-state index in [1.807, 2.05) is 0 Å². The van der Waals surface area contributed by atoms with Crippen LogP contribution in [0.2, 0.25) is 0 Å². The van der Waals surface area contributed by atoms with Gasteiger partial charge in [0.25, 0.3) is 0 Å². The number of aryl methyl sites for hydroxylation is 1. The second-order valence-corrected chi connectivity index (χ2v) is 6.36. The molecule has 0 bridgehead atoms. The molecule has 108 valence electrons. The van der Waals surface area contributed by atoms with Gasteiger partial charge in [0.15, 0.2) is 0 Å². The Kier molecular flexibility index (Phi) is 6.38. The molecule has 19 heavy (non-hydrogen) atoms. The minimum atomic E-state index is 0.255. The molecule has 1 nitrogen and oxygen atoms in total. The smallest absolute Gasteiger partial charge is 0.119 e. The number of hydrogen-bond acceptors (Lipinski definition) is 1. The number of hydrogen-bond donors (Lipinski definition) is 0. The number of rotatable bonds is 7. The van der Waals surface area contributed by atoms with Gasteiger partial charge in [-0.3, -0.25) is 0 Å². The molecule has 0 aliphatic rings. The van der Waals surface area contributed by atoms with Gasteiger partial charge in [-0.1, -0.05) is 49.7 Å². The molecule has 0 spiro atoms. The van der Waals surface area contributed by atoms with Crippen LogP contribution in [0.15, 0.2) is 18.2 Å². The highest BCUT2D eigenvalue weighted by Gasteiger charge is 2.25. The lowest BCUT2D eigenvalue weighted by Crippen LogP contribution is -2.29. The van der Waals surface area contributed by atoms with Crippen LogP contribution in [0.1, 0.15) is 57.6 Å². The summed E-state index contributed by atoms with van der Waals surface area (Å²) in [7, 11) is 0. The van der Waals surface area contributed by atoms with E-state index >= 15 is 0 Å². The maximum absolute atomic E-state index is 6.03. The third-order valence-electron chi connectivity index (χ3n) is 4.19. The molecule has 1 rings (SSSR count). The van der Waals surface area contributed by atoms with Crippen LogP contribution in [0.3, 0.4) is 0 Å². The molecule has 0 atom stereocenters. The van der Waals surface area contributed by atoms with Gasteiger partial charge in [-0.15, -0.1) is 0 Å². The van der Waals surface area contributed by atoms with Gasteiger partial charge < -0.3 is 4.74 Å². The molecule has 0 fully saturated rings. The van der Waals surface area contributed by atoms with Crippen molar-refractivity contribution in [2.75, 3.05) is 11.9 Å². The van der Waals surface area contributed by atoms with Crippen molar-refractivity contribution < 1.29 is 4.74 Å². The molecule has 0 radical (unpaired) electrons. The molecule has 0 amide bonds. The predicted octanol–water partition coefficient (Wildman–Crippen LogP) is 5.70. The Bertz CT molecular complexity index is 386. The summed E-state index contributed by atoms with van der Waals surface area (Å²) in [6, 6.07) is 6.47. The Morgan fingerprint density at radius 1 is 1.21 bits per heavy atom. The molecule has 0 saturated carbocycles. The second kappa shape index (κ2) is 7.33. The second-order valence-electron chi connectivity index (χ2n) is 5.80. The Morgan fingerprint density at radius 2 is 1.84 bits per heavy atom. The first-order chi connectivity index (χ1) is 8.98. The lowest BCUT2D eigenvalue weighted by Gasteiger charge is -2.29. The van der Waals surface area contributed by atoms with Crippen molar-refractivity contribution in [3.63, 3.8) is 0 Å². The lowest BCUT2D eigenvalue weighted by atomic mass is 9.86. The summed E-state index contributed by atoms with van der Waals surface area (Å²) in [5, 5.41) is 0.996. The van der Waals surface area contributed by atoms with Gasteiger partial charge in [-0.05, 0) is 48.9 Å². The quantitative estimate of drug-likeness (QED) is 0.584. The zero-order valence-electron chi connectivity index (χ0n) is 12.9. The van der Waals surface area contributed by atoms with Crippen molar-refractivity contribution in [2.24, 2.45) is 5.41 Å². The van der Waals surface area contributed by atoms with Crippen molar-refractivity contribution in [2.45, 2.75) is 53.4 Å². The molecule has 0 aliphatic heterocycles. The largest absolute Gasteiger partial charge is 0.493 e. The van der Waals surface area contributed by atoms with Crippen LogP contribution in [-0.2, 0) is 0 Å². The summed E-state index contributed by atoms with van der Waals surface area (Å²) in [4.78, 5) is 0. The van der Waals surface area contributed by atoms with E-state index in [2.05, 4.69) is 68.7 Å². The topological polar surface area (TPSA) is 9.23 Å². The van der Waals surface area contributed by atoms with Gasteiger partial charge >= 0.3 is 0 Å². The Morgan fingerprint density at radius 3 is 2.26 bits per heavy atom. The summed E-state index contributed by atoms with van der Waals surface area (Å²) in [6.45, 7) is 11.9. The van der Waals surface area contributed by atoms with E-state index in [0.717, 1.165) is 30.5 Å². The molecule has 0 saturated heterocycles. The standard InChI is InChI=1S/C17H27BrO/c1-6-17(7-2,11-18)12-19-15-8-9-16(13(3)4)14(5)10-15/h8-10,13H,6-7,11-12H2,1-5H3. The molecule has 1 aromatic rings. The zero-order chi connectivity index (χ0) is 14.5. The third-order valence-corrected chi connectivity index (χ3v) is 5.38. The molecule has 1 aromatic carbocycles.